The van der Waals surface area contributed by atoms with Crippen molar-refractivity contribution in [2.75, 3.05) is 5.73 Å². The Balaban J connectivity index is 2.59. The maximum absolute atomic E-state index is 5.83. The van der Waals surface area contributed by atoms with Crippen molar-refractivity contribution in [3.63, 3.8) is 0 Å². The van der Waals surface area contributed by atoms with E-state index in [4.69, 9.17) is 5.73 Å². The molecule has 0 saturated carbocycles. The van der Waals surface area contributed by atoms with Crippen molar-refractivity contribution in [1.82, 2.24) is 15.0 Å². The Kier molecular flexibility index (Phi) is 2.33. The highest BCUT2D eigenvalue weighted by atomic mass is 14.9. The van der Waals surface area contributed by atoms with Crippen molar-refractivity contribution >= 4 is 5.82 Å². The molecule has 76 valence electrons. The zero-order chi connectivity index (χ0) is 10.8. The Morgan fingerprint density at radius 2 is 1.80 bits per heavy atom. The normalized spacial score (nSPS) is 10.3. The monoisotopic (exact) mass is 200 g/mol. The van der Waals surface area contributed by atoms with Gasteiger partial charge in [-0.15, -0.1) is 0 Å². The maximum Gasteiger partial charge on any atom is 0.162 e. The SMILES string of the molecule is Cc1cc(-c2ncccn2)c(N)nc1C. The Labute approximate surface area is 88.2 Å². The minimum atomic E-state index is 0.476. The van der Waals surface area contributed by atoms with Crippen molar-refractivity contribution in [3.05, 3.63) is 35.8 Å². The molecule has 0 aliphatic heterocycles. The summed E-state index contributed by atoms with van der Waals surface area (Å²) in [6, 6.07) is 3.74. The van der Waals surface area contributed by atoms with Crippen molar-refractivity contribution in [3.8, 4) is 11.4 Å². The summed E-state index contributed by atoms with van der Waals surface area (Å²) in [5.74, 6) is 1.09. The van der Waals surface area contributed by atoms with Gasteiger partial charge in [-0.25, -0.2) is 15.0 Å². The lowest BCUT2D eigenvalue weighted by atomic mass is 10.1. The molecule has 4 heteroatoms. The van der Waals surface area contributed by atoms with Gasteiger partial charge < -0.3 is 5.73 Å². The van der Waals surface area contributed by atoms with E-state index >= 15 is 0 Å². The predicted octanol–water partition coefficient (Wildman–Crippen LogP) is 1.74. The second kappa shape index (κ2) is 3.65. The minimum Gasteiger partial charge on any atom is -0.383 e. The fourth-order valence-corrected chi connectivity index (χ4v) is 1.34. The third-order valence-corrected chi connectivity index (χ3v) is 2.30. The number of aryl methyl sites for hydroxylation is 2. The van der Waals surface area contributed by atoms with Crippen LogP contribution in [0.4, 0.5) is 5.82 Å². The van der Waals surface area contributed by atoms with Crippen LogP contribution in [0.3, 0.4) is 0 Å². The van der Waals surface area contributed by atoms with Crippen LogP contribution in [-0.2, 0) is 0 Å². The maximum atomic E-state index is 5.83. The van der Waals surface area contributed by atoms with Gasteiger partial charge in [-0.1, -0.05) is 0 Å². The predicted molar refractivity (Wildman–Crippen MR) is 59.1 cm³/mol. The smallest absolute Gasteiger partial charge is 0.162 e. The number of aromatic nitrogens is 3. The molecule has 15 heavy (non-hydrogen) atoms. The van der Waals surface area contributed by atoms with Gasteiger partial charge in [-0.05, 0) is 31.5 Å². The first-order valence-electron chi connectivity index (χ1n) is 4.69. The van der Waals surface area contributed by atoms with E-state index in [0.29, 0.717) is 11.6 Å². The van der Waals surface area contributed by atoms with Crippen LogP contribution in [0, 0.1) is 13.8 Å². The van der Waals surface area contributed by atoms with E-state index < -0.39 is 0 Å². The average molecular weight is 200 g/mol. The zero-order valence-electron chi connectivity index (χ0n) is 8.73. The summed E-state index contributed by atoms with van der Waals surface area (Å²) in [7, 11) is 0. The lowest BCUT2D eigenvalue weighted by molar-refractivity contribution is 1.13. The van der Waals surface area contributed by atoms with Gasteiger partial charge in [0.1, 0.15) is 5.82 Å². The van der Waals surface area contributed by atoms with Crippen LogP contribution >= 0.6 is 0 Å². The molecule has 2 heterocycles. The summed E-state index contributed by atoms with van der Waals surface area (Å²) in [5, 5.41) is 0. The molecule has 2 N–H and O–H groups in total. The first-order chi connectivity index (χ1) is 7.18. The molecular formula is C11H12N4. The molecule has 2 rings (SSSR count). The number of nitrogens with two attached hydrogens (primary N) is 1. The van der Waals surface area contributed by atoms with Crippen molar-refractivity contribution in [2.45, 2.75) is 13.8 Å². The van der Waals surface area contributed by atoms with Gasteiger partial charge >= 0.3 is 0 Å². The fourth-order valence-electron chi connectivity index (χ4n) is 1.34. The highest BCUT2D eigenvalue weighted by Gasteiger charge is 2.08. The molecule has 0 radical (unpaired) electrons. The molecule has 0 aliphatic carbocycles. The van der Waals surface area contributed by atoms with E-state index in [0.717, 1.165) is 16.8 Å². The summed E-state index contributed by atoms with van der Waals surface area (Å²) in [6.07, 6.45) is 3.38. The number of pyridine rings is 1. The number of nitrogens with zero attached hydrogens (tertiary/aromatic N) is 3. The topological polar surface area (TPSA) is 64.7 Å². The molecular weight excluding hydrogens is 188 g/mol. The summed E-state index contributed by atoms with van der Waals surface area (Å²) in [4.78, 5) is 12.5. The largest absolute Gasteiger partial charge is 0.383 e. The molecule has 4 nitrogen and oxygen atoms in total. The van der Waals surface area contributed by atoms with Gasteiger partial charge in [0.05, 0.1) is 5.56 Å². The highest BCUT2D eigenvalue weighted by molar-refractivity contribution is 5.69. The van der Waals surface area contributed by atoms with Gasteiger partial charge in [-0.2, -0.15) is 0 Å². The third-order valence-electron chi connectivity index (χ3n) is 2.30. The molecule has 0 amide bonds. The molecule has 0 aliphatic rings. The summed E-state index contributed by atoms with van der Waals surface area (Å²) in [5.41, 5.74) is 8.65. The van der Waals surface area contributed by atoms with Crippen LogP contribution in [0.15, 0.2) is 24.5 Å². The van der Waals surface area contributed by atoms with Crippen LogP contribution in [0.1, 0.15) is 11.3 Å². The second-order valence-electron chi connectivity index (χ2n) is 3.40. The number of nitrogen functional groups attached to an aromatic ring is 1. The zero-order valence-corrected chi connectivity index (χ0v) is 8.73. The molecule has 0 saturated heterocycles. The van der Waals surface area contributed by atoms with E-state index in [1.807, 2.05) is 19.9 Å². The summed E-state index contributed by atoms with van der Waals surface area (Å²) >= 11 is 0. The van der Waals surface area contributed by atoms with Crippen LogP contribution in [0.5, 0.6) is 0 Å². The van der Waals surface area contributed by atoms with Crippen molar-refractivity contribution in [2.24, 2.45) is 0 Å². The first kappa shape index (κ1) is 9.58. The summed E-state index contributed by atoms with van der Waals surface area (Å²) in [6.45, 7) is 3.93. The third kappa shape index (κ3) is 1.79. The number of hydrogen-bond acceptors (Lipinski definition) is 4. The van der Waals surface area contributed by atoms with Gasteiger partial charge in [-0.3, -0.25) is 0 Å². The standard InChI is InChI=1S/C11H12N4/c1-7-6-9(10(12)15-8(7)2)11-13-4-3-5-14-11/h3-6H,1-2H3,(H2,12,15). The van der Waals surface area contributed by atoms with Crippen LogP contribution in [-0.4, -0.2) is 15.0 Å². The van der Waals surface area contributed by atoms with Crippen LogP contribution < -0.4 is 5.73 Å². The van der Waals surface area contributed by atoms with Gasteiger partial charge in [0.15, 0.2) is 5.82 Å². The van der Waals surface area contributed by atoms with E-state index in [2.05, 4.69) is 15.0 Å². The Morgan fingerprint density at radius 3 is 2.47 bits per heavy atom. The molecule has 2 aromatic heterocycles. The van der Waals surface area contributed by atoms with Gasteiger partial charge in [0.25, 0.3) is 0 Å². The second-order valence-corrected chi connectivity index (χ2v) is 3.40. The Bertz CT molecular complexity index is 479. The molecule has 0 unspecified atom stereocenters. The molecule has 0 aromatic carbocycles. The quantitative estimate of drug-likeness (QED) is 0.761. The summed E-state index contributed by atoms with van der Waals surface area (Å²) < 4.78 is 0. The van der Waals surface area contributed by atoms with Gasteiger partial charge in [0.2, 0.25) is 0 Å². The average Bonchev–Trinajstić information content (AvgIpc) is 2.25. The van der Waals surface area contributed by atoms with Crippen molar-refractivity contribution in [1.29, 1.82) is 0 Å². The molecule has 0 fully saturated rings. The molecule has 0 bridgehead atoms. The number of anilines is 1. The lowest BCUT2D eigenvalue weighted by Gasteiger charge is -2.06. The first-order valence-corrected chi connectivity index (χ1v) is 4.69. The minimum absolute atomic E-state index is 0.476. The lowest BCUT2D eigenvalue weighted by Crippen LogP contribution is -2.00. The van der Waals surface area contributed by atoms with E-state index in [-0.39, 0.29) is 0 Å². The van der Waals surface area contributed by atoms with Crippen molar-refractivity contribution < 1.29 is 0 Å². The highest BCUT2D eigenvalue weighted by Crippen LogP contribution is 2.22. The number of hydrogen-bond donors (Lipinski definition) is 1. The van der Waals surface area contributed by atoms with Crippen LogP contribution in [0.25, 0.3) is 11.4 Å². The van der Waals surface area contributed by atoms with E-state index in [1.165, 1.54) is 0 Å². The molecule has 0 atom stereocenters. The number of rotatable bonds is 1. The Morgan fingerprint density at radius 1 is 1.13 bits per heavy atom. The van der Waals surface area contributed by atoms with Gasteiger partial charge in [0, 0.05) is 18.1 Å². The molecule has 0 spiro atoms. The Hall–Kier alpha value is -1.97. The molecule has 2 aromatic rings. The van der Waals surface area contributed by atoms with E-state index in [1.54, 1.807) is 18.5 Å². The fraction of sp³-hybridized carbons (Fsp3) is 0.182. The van der Waals surface area contributed by atoms with E-state index in [9.17, 15) is 0 Å². The van der Waals surface area contributed by atoms with Crippen LogP contribution in [0.2, 0.25) is 0 Å².